The van der Waals surface area contributed by atoms with Crippen LogP contribution in [0.25, 0.3) is 0 Å². The Kier molecular flexibility index (Phi) is 3.48. The highest BCUT2D eigenvalue weighted by Crippen LogP contribution is 2.32. The highest BCUT2D eigenvalue weighted by atomic mass is 32.2. The van der Waals surface area contributed by atoms with Crippen molar-refractivity contribution < 1.29 is 8.98 Å². The Balaban J connectivity index is 1.94. The number of nitrogens with two attached hydrogens (primary N) is 2. The number of amides is 1. The van der Waals surface area contributed by atoms with Crippen LogP contribution < -0.4 is 11.5 Å². The van der Waals surface area contributed by atoms with Gasteiger partial charge in [0, 0.05) is 16.9 Å². The lowest BCUT2D eigenvalue weighted by atomic mass is 10.1. The average Bonchev–Trinajstić information content (AvgIpc) is 3.10. The van der Waals surface area contributed by atoms with Crippen molar-refractivity contribution in [2.24, 2.45) is 11.5 Å². The number of rotatable bonds is 5. The molecular weight excluding hydrogens is 224 g/mol. The molecule has 2 rings (SSSR count). The van der Waals surface area contributed by atoms with E-state index in [0.717, 1.165) is 23.3 Å². The molecule has 86 valence electrons. The third kappa shape index (κ3) is 2.98. The number of carbonyl (C=O) groups is 1. The summed E-state index contributed by atoms with van der Waals surface area (Å²) in [6, 6.07) is 6.63. The van der Waals surface area contributed by atoms with Gasteiger partial charge in [0.25, 0.3) is 0 Å². The van der Waals surface area contributed by atoms with Gasteiger partial charge in [0.2, 0.25) is 5.91 Å². The van der Waals surface area contributed by atoms with Crippen LogP contribution in [0.1, 0.15) is 24.4 Å². The fraction of sp³-hybridized carbons (Fsp3) is 0.364. The van der Waals surface area contributed by atoms with Crippen molar-refractivity contribution in [1.82, 2.24) is 0 Å². The van der Waals surface area contributed by atoms with Crippen LogP contribution in [-0.2, 0) is 8.98 Å². The van der Waals surface area contributed by atoms with Gasteiger partial charge < -0.3 is 15.7 Å². The Labute approximate surface area is 98.5 Å². The zero-order chi connectivity index (χ0) is 11.5. The average molecular weight is 238 g/mol. The third-order valence-electron chi connectivity index (χ3n) is 2.35. The van der Waals surface area contributed by atoms with E-state index in [1.165, 1.54) is 12.0 Å². The smallest absolute Gasteiger partial charge is 0.238 e. The fourth-order valence-electron chi connectivity index (χ4n) is 1.18. The minimum Gasteiger partial charge on any atom is -0.368 e. The first-order chi connectivity index (χ1) is 7.66. The summed E-state index contributed by atoms with van der Waals surface area (Å²) in [6.45, 7) is 0. The second kappa shape index (κ2) is 4.86. The summed E-state index contributed by atoms with van der Waals surface area (Å²) >= 11 is 1.36. The van der Waals surface area contributed by atoms with Crippen molar-refractivity contribution in [3.63, 3.8) is 0 Å². The third-order valence-corrected chi connectivity index (χ3v) is 3.18. The molecule has 0 heterocycles. The summed E-state index contributed by atoms with van der Waals surface area (Å²) in [7, 11) is 0. The molecule has 1 fully saturated rings. The zero-order valence-corrected chi connectivity index (χ0v) is 9.57. The molecule has 0 aromatic heterocycles. The first kappa shape index (κ1) is 11.4. The number of hydrogen-bond donors (Lipinski definition) is 2. The predicted molar refractivity (Wildman–Crippen MR) is 62.5 cm³/mol. The number of carbonyl (C=O) groups excluding carboxylic acids is 1. The molecule has 16 heavy (non-hydrogen) atoms. The van der Waals surface area contributed by atoms with Crippen LogP contribution in [0, 0.1) is 0 Å². The quantitative estimate of drug-likeness (QED) is 0.759. The number of hydrogen-bond acceptors (Lipinski definition) is 4. The Bertz CT molecular complexity index is 376. The van der Waals surface area contributed by atoms with E-state index in [2.05, 4.69) is 0 Å². The molecule has 0 spiro atoms. The van der Waals surface area contributed by atoms with Gasteiger partial charge in [-0.15, -0.1) is 0 Å². The van der Waals surface area contributed by atoms with Crippen LogP contribution >= 0.6 is 12.0 Å². The van der Waals surface area contributed by atoms with E-state index in [-0.39, 0.29) is 0 Å². The molecule has 5 heteroatoms. The first-order valence-corrected chi connectivity index (χ1v) is 5.89. The van der Waals surface area contributed by atoms with Crippen molar-refractivity contribution in [2.45, 2.75) is 29.9 Å². The Morgan fingerprint density at radius 3 is 2.50 bits per heavy atom. The standard InChI is InChI=1S/C11H14N2O2S/c12-10(11(13)14)7-1-5-9(6-2-7)16-15-8-3-4-8/h1-2,5-6,8,10H,3-4,12H2,(H2,13,14). The zero-order valence-electron chi connectivity index (χ0n) is 8.76. The number of primary amides is 1. The minimum absolute atomic E-state index is 0.414. The molecule has 1 saturated carbocycles. The van der Waals surface area contributed by atoms with Crippen LogP contribution in [0.5, 0.6) is 0 Å². The summed E-state index contributed by atoms with van der Waals surface area (Å²) in [5, 5.41) is 0. The second-order valence-corrected chi connectivity index (χ2v) is 4.66. The SMILES string of the molecule is NC(=O)C(N)c1ccc(SOC2CC2)cc1. The van der Waals surface area contributed by atoms with Crippen molar-refractivity contribution >= 4 is 17.9 Å². The molecule has 4 nitrogen and oxygen atoms in total. The Morgan fingerprint density at radius 2 is 2.00 bits per heavy atom. The van der Waals surface area contributed by atoms with Crippen molar-refractivity contribution in [3.05, 3.63) is 29.8 Å². The molecule has 0 bridgehead atoms. The molecule has 1 atom stereocenters. The van der Waals surface area contributed by atoms with Crippen molar-refractivity contribution in [2.75, 3.05) is 0 Å². The molecule has 0 aliphatic heterocycles. The van der Waals surface area contributed by atoms with Crippen LogP contribution in [0.4, 0.5) is 0 Å². The van der Waals surface area contributed by atoms with Gasteiger partial charge in [-0.2, -0.15) is 0 Å². The largest absolute Gasteiger partial charge is 0.368 e. The van der Waals surface area contributed by atoms with Gasteiger partial charge in [0.1, 0.15) is 6.04 Å². The normalized spacial score (nSPS) is 17.1. The maximum Gasteiger partial charge on any atom is 0.238 e. The lowest BCUT2D eigenvalue weighted by molar-refractivity contribution is -0.119. The van der Waals surface area contributed by atoms with Gasteiger partial charge in [0.05, 0.1) is 6.10 Å². The van der Waals surface area contributed by atoms with Gasteiger partial charge in [-0.25, -0.2) is 0 Å². The van der Waals surface area contributed by atoms with Crippen LogP contribution in [0.15, 0.2) is 29.2 Å². The van der Waals surface area contributed by atoms with Crippen LogP contribution in [0.2, 0.25) is 0 Å². The topological polar surface area (TPSA) is 78.3 Å². The first-order valence-electron chi connectivity index (χ1n) is 5.15. The highest BCUT2D eigenvalue weighted by molar-refractivity contribution is 7.94. The predicted octanol–water partition coefficient (Wildman–Crippen LogP) is 1.36. The van der Waals surface area contributed by atoms with E-state index in [1.807, 2.05) is 12.1 Å². The summed E-state index contributed by atoms with van der Waals surface area (Å²) in [5.74, 6) is -0.519. The summed E-state index contributed by atoms with van der Waals surface area (Å²) in [5.41, 5.74) is 11.5. The Morgan fingerprint density at radius 1 is 1.38 bits per heavy atom. The summed E-state index contributed by atoms with van der Waals surface area (Å²) in [6.07, 6.45) is 2.72. The van der Waals surface area contributed by atoms with E-state index in [1.54, 1.807) is 12.1 Å². The lowest BCUT2D eigenvalue weighted by Gasteiger charge is -2.08. The van der Waals surface area contributed by atoms with E-state index in [4.69, 9.17) is 15.7 Å². The van der Waals surface area contributed by atoms with Crippen LogP contribution in [-0.4, -0.2) is 12.0 Å². The lowest BCUT2D eigenvalue weighted by Crippen LogP contribution is -2.28. The molecule has 1 amide bonds. The van der Waals surface area contributed by atoms with Crippen molar-refractivity contribution in [1.29, 1.82) is 0 Å². The Hall–Kier alpha value is -1.04. The fourth-order valence-corrected chi connectivity index (χ4v) is 1.87. The van der Waals surface area contributed by atoms with Gasteiger partial charge in [-0.05, 0) is 30.5 Å². The summed E-state index contributed by atoms with van der Waals surface area (Å²) in [4.78, 5) is 11.9. The highest BCUT2D eigenvalue weighted by Gasteiger charge is 2.23. The number of benzene rings is 1. The maximum atomic E-state index is 10.9. The summed E-state index contributed by atoms with van der Waals surface area (Å²) < 4.78 is 5.48. The molecule has 1 unspecified atom stereocenters. The maximum absolute atomic E-state index is 10.9. The van der Waals surface area contributed by atoms with Gasteiger partial charge >= 0.3 is 0 Å². The molecule has 0 saturated heterocycles. The second-order valence-electron chi connectivity index (χ2n) is 3.83. The van der Waals surface area contributed by atoms with E-state index < -0.39 is 11.9 Å². The molecule has 1 aliphatic rings. The van der Waals surface area contributed by atoms with Crippen LogP contribution in [0.3, 0.4) is 0 Å². The minimum atomic E-state index is -0.733. The van der Waals surface area contributed by atoms with E-state index >= 15 is 0 Å². The van der Waals surface area contributed by atoms with Gasteiger partial charge in [0.15, 0.2) is 0 Å². The molecule has 1 aromatic rings. The van der Waals surface area contributed by atoms with E-state index in [0.29, 0.717) is 6.10 Å². The van der Waals surface area contributed by atoms with E-state index in [9.17, 15) is 4.79 Å². The monoisotopic (exact) mass is 238 g/mol. The molecular formula is C11H14N2O2S. The molecule has 0 radical (unpaired) electrons. The van der Waals surface area contributed by atoms with Gasteiger partial charge in [-0.3, -0.25) is 4.79 Å². The van der Waals surface area contributed by atoms with Crippen molar-refractivity contribution in [3.8, 4) is 0 Å². The van der Waals surface area contributed by atoms with Gasteiger partial charge in [-0.1, -0.05) is 12.1 Å². The molecule has 1 aliphatic carbocycles. The molecule has 1 aromatic carbocycles. The molecule has 4 N–H and O–H groups in total.